The number of aromatic nitrogens is 2. The first-order chi connectivity index (χ1) is 15.1. The van der Waals surface area contributed by atoms with Crippen LogP contribution in [0.4, 0.5) is 11.4 Å². The molecule has 0 saturated heterocycles. The summed E-state index contributed by atoms with van der Waals surface area (Å²) in [5.74, 6) is 0.841. The van der Waals surface area contributed by atoms with Crippen molar-refractivity contribution >= 4 is 34.2 Å². The van der Waals surface area contributed by atoms with E-state index in [0.29, 0.717) is 17.1 Å². The smallest absolute Gasteiger partial charge is 0.267 e. The molecule has 1 aliphatic heterocycles. The van der Waals surface area contributed by atoms with Crippen molar-refractivity contribution in [2.24, 2.45) is 0 Å². The molecule has 4 aromatic rings. The van der Waals surface area contributed by atoms with Crippen LogP contribution in [0.5, 0.6) is 5.75 Å². The normalized spacial score (nSPS) is 15.3. The predicted molar refractivity (Wildman–Crippen MR) is 119 cm³/mol. The monoisotopic (exact) mass is 412 g/mol. The quantitative estimate of drug-likeness (QED) is 0.533. The Morgan fingerprint density at radius 3 is 2.55 bits per heavy atom. The summed E-state index contributed by atoms with van der Waals surface area (Å²) in [4.78, 5) is 34.3. The van der Waals surface area contributed by atoms with Gasteiger partial charge in [-0.3, -0.25) is 9.59 Å². The molecule has 2 amide bonds. The molecule has 0 bridgehead atoms. The molecule has 0 spiro atoms. The van der Waals surface area contributed by atoms with Gasteiger partial charge in [0.2, 0.25) is 5.91 Å². The zero-order valence-corrected chi connectivity index (χ0v) is 16.8. The van der Waals surface area contributed by atoms with Crippen LogP contribution < -0.4 is 15.0 Å². The molecule has 0 fully saturated rings. The van der Waals surface area contributed by atoms with Crippen molar-refractivity contribution in [2.75, 3.05) is 16.8 Å². The molecule has 2 heterocycles. The van der Waals surface area contributed by atoms with Crippen molar-refractivity contribution in [3.05, 3.63) is 72.8 Å². The summed E-state index contributed by atoms with van der Waals surface area (Å²) in [6, 6.07) is 22.5. The summed E-state index contributed by atoms with van der Waals surface area (Å²) in [6.45, 7) is 1.64. The van der Waals surface area contributed by atoms with Gasteiger partial charge in [0.05, 0.1) is 23.3 Å². The van der Waals surface area contributed by atoms with Gasteiger partial charge >= 0.3 is 0 Å². The Kier molecular flexibility index (Phi) is 4.63. The van der Waals surface area contributed by atoms with Gasteiger partial charge in [-0.1, -0.05) is 24.3 Å². The molecule has 154 valence electrons. The lowest BCUT2D eigenvalue weighted by atomic mass is 10.1. The maximum atomic E-state index is 12.8. The van der Waals surface area contributed by atoms with E-state index in [1.54, 1.807) is 11.0 Å². The van der Waals surface area contributed by atoms with E-state index in [9.17, 15) is 9.59 Å². The van der Waals surface area contributed by atoms with Crippen LogP contribution in [-0.2, 0) is 9.59 Å². The zero-order chi connectivity index (χ0) is 21.4. The number of H-pyrrole nitrogens is 1. The Morgan fingerprint density at radius 1 is 1.03 bits per heavy atom. The fourth-order valence-corrected chi connectivity index (χ4v) is 3.69. The van der Waals surface area contributed by atoms with Gasteiger partial charge in [0.15, 0.2) is 6.10 Å². The van der Waals surface area contributed by atoms with Crippen molar-refractivity contribution in [3.8, 4) is 17.1 Å². The summed E-state index contributed by atoms with van der Waals surface area (Å²) < 4.78 is 5.85. The number of ether oxygens (including phenoxy) is 1. The number of para-hydroxylation sites is 4. The molecule has 2 N–H and O–H groups in total. The van der Waals surface area contributed by atoms with Crippen LogP contribution in [0.3, 0.4) is 0 Å². The van der Waals surface area contributed by atoms with Crippen molar-refractivity contribution in [2.45, 2.75) is 13.0 Å². The van der Waals surface area contributed by atoms with E-state index < -0.39 is 6.10 Å². The van der Waals surface area contributed by atoms with Crippen molar-refractivity contribution in [3.63, 3.8) is 0 Å². The lowest BCUT2D eigenvalue weighted by Crippen LogP contribution is -2.48. The molecule has 5 rings (SSSR count). The number of fused-ring (bicyclic) bond motifs is 2. The van der Waals surface area contributed by atoms with Gasteiger partial charge in [-0.2, -0.15) is 0 Å². The number of rotatable bonds is 3. The largest absolute Gasteiger partial charge is 0.476 e. The van der Waals surface area contributed by atoms with Gasteiger partial charge in [-0.25, -0.2) is 4.98 Å². The second-order valence-electron chi connectivity index (χ2n) is 7.37. The fraction of sp³-hybridized carbons (Fsp3) is 0.125. The zero-order valence-electron chi connectivity index (χ0n) is 16.8. The number of hydrogen-bond acceptors (Lipinski definition) is 4. The second-order valence-corrected chi connectivity index (χ2v) is 7.37. The maximum Gasteiger partial charge on any atom is 0.267 e. The van der Waals surface area contributed by atoms with E-state index in [4.69, 9.17) is 4.74 Å². The Hall–Kier alpha value is -4.13. The highest BCUT2D eigenvalue weighted by atomic mass is 16.5. The van der Waals surface area contributed by atoms with Crippen LogP contribution in [0.25, 0.3) is 22.4 Å². The van der Waals surface area contributed by atoms with Gasteiger partial charge in [-0.05, 0) is 48.5 Å². The Bertz CT molecular complexity index is 1250. The molecule has 1 aliphatic rings. The number of benzene rings is 3. The first kappa shape index (κ1) is 18.9. The molecule has 0 unspecified atom stereocenters. The minimum atomic E-state index is -0.797. The standard InChI is InChI=1S/C24H20N4O3/c1-15(29)28-14-22(31-21-9-5-4-8-20(21)28)24(30)25-17-12-10-16(11-13-17)23-26-18-6-2-3-7-19(18)27-23/h2-13,22H,14H2,1H3,(H,25,30)(H,26,27)/t22-/m1/s1. The van der Waals surface area contributed by atoms with E-state index in [2.05, 4.69) is 15.3 Å². The molecular weight excluding hydrogens is 392 g/mol. The van der Waals surface area contributed by atoms with Crippen LogP contribution in [0, 0.1) is 0 Å². The molecule has 0 aliphatic carbocycles. The third-order valence-corrected chi connectivity index (χ3v) is 5.26. The minimum absolute atomic E-state index is 0.135. The average Bonchev–Trinajstić information content (AvgIpc) is 3.23. The summed E-state index contributed by atoms with van der Waals surface area (Å²) in [5.41, 5.74) is 4.11. The van der Waals surface area contributed by atoms with Crippen LogP contribution in [0.2, 0.25) is 0 Å². The third-order valence-electron chi connectivity index (χ3n) is 5.26. The number of hydrogen-bond donors (Lipinski definition) is 2. The highest BCUT2D eigenvalue weighted by molar-refractivity contribution is 5.99. The van der Waals surface area contributed by atoms with Crippen molar-refractivity contribution in [1.29, 1.82) is 0 Å². The first-order valence-electron chi connectivity index (χ1n) is 9.98. The van der Waals surface area contributed by atoms with E-state index in [1.165, 1.54) is 6.92 Å². The summed E-state index contributed by atoms with van der Waals surface area (Å²) in [7, 11) is 0. The number of nitrogens with one attached hydrogen (secondary N) is 2. The highest BCUT2D eigenvalue weighted by Gasteiger charge is 2.32. The second kappa shape index (κ2) is 7.60. The van der Waals surface area contributed by atoms with Crippen LogP contribution in [-0.4, -0.2) is 34.4 Å². The SMILES string of the molecule is CC(=O)N1C[C@H](C(=O)Nc2ccc(-c3nc4ccccc4[nH]3)cc2)Oc2ccccc21. The fourth-order valence-electron chi connectivity index (χ4n) is 3.69. The van der Waals surface area contributed by atoms with Crippen molar-refractivity contribution < 1.29 is 14.3 Å². The lowest BCUT2D eigenvalue weighted by Gasteiger charge is -2.33. The van der Waals surface area contributed by atoms with Gasteiger partial charge in [0.1, 0.15) is 11.6 Å². The van der Waals surface area contributed by atoms with E-state index in [0.717, 1.165) is 22.4 Å². The molecule has 7 nitrogen and oxygen atoms in total. The van der Waals surface area contributed by atoms with Gasteiger partial charge < -0.3 is 19.9 Å². The number of anilines is 2. The number of imidazole rings is 1. The van der Waals surface area contributed by atoms with Crippen molar-refractivity contribution in [1.82, 2.24) is 9.97 Å². The third kappa shape index (κ3) is 3.61. The lowest BCUT2D eigenvalue weighted by molar-refractivity contribution is -0.123. The minimum Gasteiger partial charge on any atom is -0.476 e. The molecule has 7 heteroatoms. The summed E-state index contributed by atoms with van der Waals surface area (Å²) in [5, 5.41) is 2.87. The van der Waals surface area contributed by atoms with E-state index >= 15 is 0 Å². The number of nitrogens with zero attached hydrogens (tertiary/aromatic N) is 2. The number of carbonyl (C=O) groups is 2. The Labute approximate surface area is 178 Å². The molecule has 0 saturated carbocycles. The van der Waals surface area contributed by atoms with Gasteiger partial charge in [-0.15, -0.1) is 0 Å². The van der Waals surface area contributed by atoms with Crippen LogP contribution in [0.15, 0.2) is 72.8 Å². The predicted octanol–water partition coefficient (Wildman–Crippen LogP) is 3.98. The first-order valence-corrected chi connectivity index (χ1v) is 9.98. The van der Waals surface area contributed by atoms with Gasteiger partial charge in [0.25, 0.3) is 5.91 Å². The van der Waals surface area contributed by atoms with Crippen LogP contribution >= 0.6 is 0 Å². The number of carbonyl (C=O) groups excluding carboxylic acids is 2. The Morgan fingerprint density at radius 2 is 1.77 bits per heavy atom. The average molecular weight is 412 g/mol. The molecule has 1 atom stereocenters. The topological polar surface area (TPSA) is 87.3 Å². The number of amides is 2. The molecule has 0 radical (unpaired) electrons. The van der Waals surface area contributed by atoms with Crippen LogP contribution in [0.1, 0.15) is 6.92 Å². The molecule has 3 aromatic carbocycles. The number of aromatic amines is 1. The molecule has 1 aromatic heterocycles. The van der Waals surface area contributed by atoms with E-state index in [1.807, 2.05) is 66.7 Å². The maximum absolute atomic E-state index is 12.8. The van der Waals surface area contributed by atoms with E-state index in [-0.39, 0.29) is 18.4 Å². The summed E-state index contributed by atoms with van der Waals surface area (Å²) in [6.07, 6.45) is -0.797. The summed E-state index contributed by atoms with van der Waals surface area (Å²) >= 11 is 0. The molecule has 31 heavy (non-hydrogen) atoms. The highest BCUT2D eigenvalue weighted by Crippen LogP contribution is 2.33. The molecular formula is C24H20N4O3. The Balaban J connectivity index is 1.32. The van der Waals surface area contributed by atoms with Gasteiger partial charge in [0, 0.05) is 18.2 Å².